The van der Waals surface area contributed by atoms with E-state index in [2.05, 4.69) is 15.5 Å². The van der Waals surface area contributed by atoms with E-state index in [4.69, 9.17) is 23.2 Å². The minimum absolute atomic E-state index is 0.251. The fraction of sp³-hybridized carbons (Fsp3) is 0.235. The van der Waals surface area contributed by atoms with Crippen molar-refractivity contribution in [2.45, 2.75) is 26.4 Å². The number of hydrogen-bond acceptors (Lipinski definition) is 3. The molecule has 1 N–H and O–H groups in total. The average molecular weight is 396 g/mol. The third-order valence-electron chi connectivity index (χ3n) is 3.95. The van der Waals surface area contributed by atoms with Crippen LogP contribution in [0.1, 0.15) is 24.2 Å². The lowest BCUT2D eigenvalue weighted by Gasteiger charge is -2.13. The zero-order valence-corrected chi connectivity index (χ0v) is 15.6. The van der Waals surface area contributed by atoms with Crippen LogP contribution >= 0.6 is 23.2 Å². The largest absolute Gasteiger partial charge is 0.306 e. The van der Waals surface area contributed by atoms with E-state index in [1.54, 1.807) is 36.9 Å². The monoisotopic (exact) mass is 395 g/mol. The van der Waals surface area contributed by atoms with Crippen molar-refractivity contribution >= 4 is 34.9 Å². The highest BCUT2D eigenvalue weighted by molar-refractivity contribution is 6.33. The predicted octanol–water partition coefficient (Wildman–Crippen LogP) is 4.08. The molecular formula is C17H16Cl2FN5O. The van der Waals surface area contributed by atoms with E-state index in [0.29, 0.717) is 22.3 Å². The molecule has 6 nitrogen and oxygen atoms in total. The Balaban J connectivity index is 1.71. The Bertz CT molecular complexity index is 935. The summed E-state index contributed by atoms with van der Waals surface area (Å²) in [5, 5.41) is 11.9. The summed E-state index contributed by atoms with van der Waals surface area (Å²) in [5.41, 5.74) is 1.56. The molecule has 0 spiro atoms. The second-order valence-corrected chi connectivity index (χ2v) is 6.65. The van der Waals surface area contributed by atoms with E-state index in [1.165, 1.54) is 23.0 Å². The van der Waals surface area contributed by atoms with Gasteiger partial charge in [0.15, 0.2) is 5.82 Å². The summed E-state index contributed by atoms with van der Waals surface area (Å²) in [4.78, 5) is 12.5. The standard InChI is InChI=1S/C17H16Cl2FN5O/c1-10-14(18)7-21-25(10)11(2)17(26)22-16-15(19)9-24(23-16)8-12-3-5-13(20)6-4-12/h3-7,9,11H,8H2,1-2H3,(H,22,23,26). The fourth-order valence-electron chi connectivity index (χ4n) is 2.46. The molecule has 1 atom stereocenters. The Morgan fingerprint density at radius 2 is 1.96 bits per heavy atom. The van der Waals surface area contributed by atoms with Gasteiger partial charge in [-0.05, 0) is 31.5 Å². The number of halogens is 3. The van der Waals surface area contributed by atoms with Crippen LogP contribution in [0, 0.1) is 12.7 Å². The third-order valence-corrected chi connectivity index (χ3v) is 4.60. The molecule has 2 heterocycles. The van der Waals surface area contributed by atoms with Gasteiger partial charge in [0.2, 0.25) is 5.91 Å². The highest BCUT2D eigenvalue weighted by atomic mass is 35.5. The van der Waals surface area contributed by atoms with E-state index >= 15 is 0 Å². The minimum Gasteiger partial charge on any atom is -0.306 e. The van der Waals surface area contributed by atoms with E-state index < -0.39 is 6.04 Å². The normalized spacial score (nSPS) is 12.2. The lowest BCUT2D eigenvalue weighted by atomic mass is 10.2. The topological polar surface area (TPSA) is 64.7 Å². The van der Waals surface area contributed by atoms with Gasteiger partial charge in [-0.25, -0.2) is 4.39 Å². The summed E-state index contributed by atoms with van der Waals surface area (Å²) in [6.45, 7) is 3.89. The van der Waals surface area contributed by atoms with Crippen LogP contribution in [0.15, 0.2) is 36.7 Å². The summed E-state index contributed by atoms with van der Waals surface area (Å²) in [6.07, 6.45) is 3.09. The Morgan fingerprint density at radius 1 is 1.27 bits per heavy atom. The first-order valence-electron chi connectivity index (χ1n) is 7.83. The zero-order chi connectivity index (χ0) is 18.8. The molecule has 0 fully saturated rings. The average Bonchev–Trinajstić information content (AvgIpc) is 3.12. The number of anilines is 1. The van der Waals surface area contributed by atoms with Gasteiger partial charge in [-0.1, -0.05) is 35.3 Å². The summed E-state index contributed by atoms with van der Waals surface area (Å²) in [6, 6.07) is 5.50. The van der Waals surface area contributed by atoms with Crippen LogP contribution in [0.3, 0.4) is 0 Å². The number of carbonyl (C=O) groups is 1. The molecule has 136 valence electrons. The molecule has 0 aliphatic rings. The van der Waals surface area contributed by atoms with Gasteiger partial charge in [0, 0.05) is 6.20 Å². The van der Waals surface area contributed by atoms with Crippen molar-refractivity contribution in [3.05, 3.63) is 63.8 Å². The third kappa shape index (κ3) is 3.89. The van der Waals surface area contributed by atoms with Gasteiger partial charge in [-0.3, -0.25) is 14.2 Å². The van der Waals surface area contributed by atoms with E-state index in [9.17, 15) is 9.18 Å². The maximum atomic E-state index is 13.0. The number of nitrogens with zero attached hydrogens (tertiary/aromatic N) is 4. The predicted molar refractivity (Wildman–Crippen MR) is 98.1 cm³/mol. The van der Waals surface area contributed by atoms with Gasteiger partial charge < -0.3 is 5.32 Å². The molecule has 0 aliphatic carbocycles. The molecule has 3 rings (SSSR count). The van der Waals surface area contributed by atoms with Crippen molar-refractivity contribution in [2.75, 3.05) is 5.32 Å². The Kier molecular flexibility index (Phi) is 5.29. The molecule has 3 aromatic rings. The highest BCUT2D eigenvalue weighted by Crippen LogP contribution is 2.23. The number of amides is 1. The molecule has 1 aromatic carbocycles. The zero-order valence-electron chi connectivity index (χ0n) is 14.1. The molecule has 0 bridgehead atoms. The molecule has 0 aliphatic heterocycles. The van der Waals surface area contributed by atoms with Crippen molar-refractivity contribution in [1.82, 2.24) is 19.6 Å². The van der Waals surface area contributed by atoms with E-state index in [0.717, 1.165) is 5.56 Å². The molecule has 1 unspecified atom stereocenters. The van der Waals surface area contributed by atoms with Crippen LogP contribution in [0.2, 0.25) is 10.0 Å². The summed E-state index contributed by atoms with van der Waals surface area (Å²) in [7, 11) is 0. The number of hydrogen-bond donors (Lipinski definition) is 1. The van der Waals surface area contributed by atoms with Crippen molar-refractivity contribution < 1.29 is 9.18 Å². The van der Waals surface area contributed by atoms with Crippen LogP contribution in [-0.4, -0.2) is 25.5 Å². The van der Waals surface area contributed by atoms with Gasteiger partial charge in [-0.2, -0.15) is 10.2 Å². The maximum Gasteiger partial charge on any atom is 0.250 e. The summed E-state index contributed by atoms with van der Waals surface area (Å²) < 4.78 is 16.1. The van der Waals surface area contributed by atoms with Gasteiger partial charge in [0.25, 0.3) is 0 Å². The molecule has 26 heavy (non-hydrogen) atoms. The van der Waals surface area contributed by atoms with Crippen LogP contribution in [-0.2, 0) is 11.3 Å². The number of carbonyl (C=O) groups excluding carboxylic acids is 1. The lowest BCUT2D eigenvalue weighted by Crippen LogP contribution is -2.25. The fourth-order valence-corrected chi connectivity index (χ4v) is 2.79. The second-order valence-electron chi connectivity index (χ2n) is 5.84. The number of nitrogens with one attached hydrogen (secondary N) is 1. The molecule has 0 radical (unpaired) electrons. The summed E-state index contributed by atoms with van der Waals surface area (Å²) in [5.74, 6) is -0.369. The van der Waals surface area contributed by atoms with Crippen molar-refractivity contribution in [2.24, 2.45) is 0 Å². The van der Waals surface area contributed by atoms with Crippen molar-refractivity contribution in [3.8, 4) is 0 Å². The molecule has 0 saturated carbocycles. The van der Waals surface area contributed by atoms with Crippen molar-refractivity contribution in [3.63, 3.8) is 0 Å². The van der Waals surface area contributed by atoms with Gasteiger partial charge in [0.1, 0.15) is 16.9 Å². The number of aromatic nitrogens is 4. The van der Waals surface area contributed by atoms with Crippen molar-refractivity contribution in [1.29, 1.82) is 0 Å². The quantitative estimate of drug-likeness (QED) is 0.707. The lowest BCUT2D eigenvalue weighted by molar-refractivity contribution is -0.119. The van der Waals surface area contributed by atoms with Gasteiger partial charge in [-0.15, -0.1) is 0 Å². The first-order chi connectivity index (χ1) is 12.3. The highest BCUT2D eigenvalue weighted by Gasteiger charge is 2.21. The van der Waals surface area contributed by atoms with Crippen LogP contribution < -0.4 is 5.32 Å². The smallest absolute Gasteiger partial charge is 0.250 e. The first kappa shape index (κ1) is 18.4. The molecule has 0 saturated heterocycles. The Labute approximate surface area is 159 Å². The Hall–Kier alpha value is -2.38. The number of rotatable bonds is 5. The van der Waals surface area contributed by atoms with Crippen LogP contribution in [0.25, 0.3) is 0 Å². The molecule has 1 amide bonds. The number of benzene rings is 1. The molecular weight excluding hydrogens is 380 g/mol. The van der Waals surface area contributed by atoms with Gasteiger partial charge in [0.05, 0.1) is 23.5 Å². The first-order valence-corrected chi connectivity index (χ1v) is 8.58. The minimum atomic E-state index is -0.583. The SMILES string of the molecule is Cc1c(Cl)cnn1C(C)C(=O)Nc1nn(Cc2ccc(F)cc2)cc1Cl. The maximum absolute atomic E-state index is 13.0. The summed E-state index contributed by atoms with van der Waals surface area (Å²) >= 11 is 12.1. The van der Waals surface area contributed by atoms with E-state index in [1.807, 2.05) is 0 Å². The molecule has 9 heteroatoms. The van der Waals surface area contributed by atoms with Crippen LogP contribution in [0.4, 0.5) is 10.2 Å². The van der Waals surface area contributed by atoms with E-state index in [-0.39, 0.29) is 17.5 Å². The molecule has 2 aromatic heterocycles. The second kappa shape index (κ2) is 7.47. The van der Waals surface area contributed by atoms with Gasteiger partial charge >= 0.3 is 0 Å². The Morgan fingerprint density at radius 3 is 2.58 bits per heavy atom. The van der Waals surface area contributed by atoms with Crippen LogP contribution in [0.5, 0.6) is 0 Å².